The number of nitrogens with zero attached hydrogens (tertiary/aromatic N) is 4. The van der Waals surface area contributed by atoms with E-state index in [2.05, 4.69) is 5.10 Å². The Morgan fingerprint density at radius 3 is 2.81 bits per heavy atom. The molecule has 10 heteroatoms. The first-order valence-corrected chi connectivity index (χ1v) is 13.2. The molecule has 0 saturated carbocycles. The van der Waals surface area contributed by atoms with Crippen LogP contribution < -0.4 is 4.74 Å². The quantitative estimate of drug-likeness (QED) is 0.501. The van der Waals surface area contributed by atoms with Gasteiger partial charge in [-0.15, -0.1) is 11.3 Å². The third-order valence-corrected chi connectivity index (χ3v) is 7.56. The number of aliphatic hydroxyl groups excluding tert-OH is 1. The number of amides is 1. The van der Waals surface area contributed by atoms with E-state index < -0.39 is 5.60 Å². The smallest absolute Gasteiger partial charge is 0.283 e. The van der Waals surface area contributed by atoms with Crippen molar-refractivity contribution in [3.63, 3.8) is 0 Å². The van der Waals surface area contributed by atoms with Gasteiger partial charge in [-0.1, -0.05) is 6.07 Å². The predicted octanol–water partition coefficient (Wildman–Crippen LogP) is 2.99. The summed E-state index contributed by atoms with van der Waals surface area (Å²) in [6, 6.07) is 6.03. The lowest BCUT2D eigenvalue weighted by molar-refractivity contribution is 0.0246. The predicted molar refractivity (Wildman–Crippen MR) is 136 cm³/mol. The molecule has 0 atom stereocenters. The van der Waals surface area contributed by atoms with Crippen LogP contribution in [0.25, 0.3) is 22.4 Å². The lowest BCUT2D eigenvalue weighted by Crippen LogP contribution is -2.44. The Balaban J connectivity index is 1.42. The summed E-state index contributed by atoms with van der Waals surface area (Å²) in [5.41, 5.74) is 2.69. The molecule has 1 fully saturated rings. The van der Waals surface area contributed by atoms with Gasteiger partial charge in [0.2, 0.25) is 0 Å². The first-order chi connectivity index (χ1) is 17.3. The van der Waals surface area contributed by atoms with E-state index in [-0.39, 0.29) is 25.1 Å². The third-order valence-electron chi connectivity index (χ3n) is 6.45. The van der Waals surface area contributed by atoms with Crippen molar-refractivity contribution in [3.05, 3.63) is 40.5 Å². The van der Waals surface area contributed by atoms with Crippen molar-refractivity contribution in [1.29, 1.82) is 0 Å². The number of thiazole rings is 1. The Morgan fingerprint density at radius 2 is 2.06 bits per heavy atom. The van der Waals surface area contributed by atoms with Gasteiger partial charge >= 0.3 is 0 Å². The van der Waals surface area contributed by atoms with Crippen molar-refractivity contribution in [2.24, 2.45) is 0 Å². The minimum absolute atomic E-state index is 0.0533. The summed E-state index contributed by atoms with van der Waals surface area (Å²) in [5, 5.41) is 24.5. The fourth-order valence-corrected chi connectivity index (χ4v) is 5.78. The topological polar surface area (TPSA) is 110 Å². The van der Waals surface area contributed by atoms with Gasteiger partial charge in [0.25, 0.3) is 5.91 Å². The number of rotatable bonds is 7. The number of aromatic nitrogens is 3. The summed E-state index contributed by atoms with van der Waals surface area (Å²) in [6.07, 6.45) is 5.89. The number of ether oxygens (including phenoxy) is 2. The molecule has 3 aromatic rings. The second-order valence-corrected chi connectivity index (χ2v) is 11.0. The molecular weight excluding hydrogens is 480 g/mol. The maximum atomic E-state index is 13.5. The molecule has 36 heavy (non-hydrogen) atoms. The van der Waals surface area contributed by atoms with Gasteiger partial charge in [-0.25, -0.2) is 4.98 Å². The second kappa shape index (κ2) is 10.3. The third kappa shape index (κ3) is 5.31. The lowest BCUT2D eigenvalue weighted by Gasteiger charge is -2.33. The highest BCUT2D eigenvalue weighted by molar-refractivity contribution is 7.14. The minimum atomic E-state index is -0.853. The molecule has 192 valence electrons. The Hall–Kier alpha value is -2.79. The molecule has 2 aromatic heterocycles. The molecule has 4 heterocycles. The standard InChI is InChI=1S/C26H32N4O5S/c1-26(2,33)16-29-15-18(14-27-29)17-3-4-20-21(13-17)35-12-7-22-23(20)28-24(36-22)25(32)30(8-9-31)19-5-10-34-11-6-19/h3-4,13-15,19,31,33H,5-12,16H2,1-2H3. The van der Waals surface area contributed by atoms with Gasteiger partial charge in [-0.3, -0.25) is 9.48 Å². The number of carbonyl (C=O) groups is 1. The Kier molecular flexibility index (Phi) is 7.11. The van der Waals surface area contributed by atoms with Crippen LogP contribution in [0.3, 0.4) is 0 Å². The Bertz CT molecular complexity index is 1230. The van der Waals surface area contributed by atoms with Gasteiger partial charge in [-0.2, -0.15) is 5.10 Å². The molecule has 2 aliphatic heterocycles. The van der Waals surface area contributed by atoms with Crippen molar-refractivity contribution < 1.29 is 24.5 Å². The van der Waals surface area contributed by atoms with Crippen molar-refractivity contribution >= 4 is 17.2 Å². The van der Waals surface area contributed by atoms with Crippen LogP contribution in [0.15, 0.2) is 30.6 Å². The Labute approximate surface area is 214 Å². The molecule has 0 radical (unpaired) electrons. The van der Waals surface area contributed by atoms with Gasteiger partial charge in [0.05, 0.1) is 37.3 Å². The average Bonchev–Trinajstić information content (AvgIpc) is 3.45. The van der Waals surface area contributed by atoms with Gasteiger partial charge in [-0.05, 0) is 44.4 Å². The summed E-state index contributed by atoms with van der Waals surface area (Å²) in [7, 11) is 0. The minimum Gasteiger partial charge on any atom is -0.492 e. The molecular formula is C26H32N4O5S. The highest BCUT2D eigenvalue weighted by Gasteiger charge is 2.30. The highest BCUT2D eigenvalue weighted by Crippen LogP contribution is 2.40. The zero-order valence-corrected chi connectivity index (χ0v) is 21.5. The molecule has 0 aliphatic carbocycles. The van der Waals surface area contributed by atoms with E-state index in [1.807, 2.05) is 24.4 Å². The lowest BCUT2D eigenvalue weighted by atomic mass is 10.0. The average molecular weight is 513 g/mol. The van der Waals surface area contributed by atoms with E-state index in [0.29, 0.717) is 37.8 Å². The van der Waals surface area contributed by atoms with Crippen molar-refractivity contribution in [2.45, 2.75) is 51.3 Å². The number of carbonyl (C=O) groups excluding carboxylic acids is 1. The monoisotopic (exact) mass is 512 g/mol. The van der Waals surface area contributed by atoms with E-state index in [1.165, 1.54) is 11.3 Å². The van der Waals surface area contributed by atoms with Crippen LogP contribution in [0.1, 0.15) is 41.4 Å². The second-order valence-electron chi connectivity index (χ2n) is 9.90. The zero-order valence-electron chi connectivity index (χ0n) is 20.6. The summed E-state index contributed by atoms with van der Waals surface area (Å²) in [5.74, 6) is 0.592. The van der Waals surface area contributed by atoms with Crippen LogP contribution in [0.5, 0.6) is 5.75 Å². The molecule has 0 bridgehead atoms. The summed E-state index contributed by atoms with van der Waals surface area (Å²) in [4.78, 5) is 21.0. The summed E-state index contributed by atoms with van der Waals surface area (Å²) in [6.45, 7) is 5.85. The summed E-state index contributed by atoms with van der Waals surface area (Å²) >= 11 is 1.42. The first kappa shape index (κ1) is 24.9. The number of fused-ring (bicyclic) bond motifs is 3. The SMILES string of the molecule is CC(C)(O)Cn1cc(-c2ccc3c(c2)OCCc2sc(C(=O)N(CCO)C4CCOCC4)nc2-3)cn1. The van der Waals surface area contributed by atoms with Crippen LogP contribution in [-0.2, 0) is 17.7 Å². The fraction of sp³-hybridized carbons (Fsp3) is 0.500. The number of hydrogen-bond acceptors (Lipinski definition) is 8. The van der Waals surface area contributed by atoms with Crippen molar-refractivity contribution in [3.8, 4) is 28.1 Å². The van der Waals surface area contributed by atoms with Gasteiger partial charge in [0.1, 0.15) is 5.75 Å². The van der Waals surface area contributed by atoms with E-state index in [4.69, 9.17) is 14.5 Å². The molecule has 0 spiro atoms. The van der Waals surface area contributed by atoms with Crippen LogP contribution in [0.2, 0.25) is 0 Å². The fourth-order valence-electron chi connectivity index (χ4n) is 4.77. The Morgan fingerprint density at radius 1 is 1.25 bits per heavy atom. The van der Waals surface area contributed by atoms with Crippen LogP contribution in [0.4, 0.5) is 0 Å². The molecule has 0 unspecified atom stereocenters. The number of aliphatic hydroxyl groups is 2. The van der Waals surface area contributed by atoms with Crippen LogP contribution in [0, 0.1) is 0 Å². The maximum Gasteiger partial charge on any atom is 0.283 e. The van der Waals surface area contributed by atoms with Gasteiger partial charge in [0, 0.05) is 54.4 Å². The number of benzene rings is 1. The van der Waals surface area contributed by atoms with Crippen molar-refractivity contribution in [1.82, 2.24) is 19.7 Å². The van der Waals surface area contributed by atoms with E-state index in [9.17, 15) is 15.0 Å². The van der Waals surface area contributed by atoms with E-state index in [0.717, 1.165) is 45.9 Å². The molecule has 2 N–H and O–H groups in total. The molecule has 1 aromatic carbocycles. The molecule has 9 nitrogen and oxygen atoms in total. The van der Waals surface area contributed by atoms with Gasteiger partial charge < -0.3 is 24.6 Å². The molecule has 1 saturated heterocycles. The highest BCUT2D eigenvalue weighted by atomic mass is 32.1. The maximum absolute atomic E-state index is 13.5. The summed E-state index contributed by atoms with van der Waals surface area (Å²) < 4.78 is 13.3. The zero-order chi connectivity index (χ0) is 25.3. The van der Waals surface area contributed by atoms with Crippen LogP contribution >= 0.6 is 11.3 Å². The first-order valence-electron chi connectivity index (χ1n) is 12.3. The van der Waals surface area contributed by atoms with Crippen LogP contribution in [-0.4, -0.2) is 80.4 Å². The normalized spacial score (nSPS) is 16.1. The van der Waals surface area contributed by atoms with Gasteiger partial charge in [0.15, 0.2) is 5.01 Å². The molecule has 5 rings (SSSR count). The van der Waals surface area contributed by atoms with E-state index >= 15 is 0 Å². The largest absolute Gasteiger partial charge is 0.492 e. The number of hydrogen-bond donors (Lipinski definition) is 2. The molecule has 2 aliphatic rings. The molecule has 1 amide bonds. The van der Waals surface area contributed by atoms with Crippen molar-refractivity contribution in [2.75, 3.05) is 33.0 Å². The van der Waals surface area contributed by atoms with E-state index in [1.54, 1.807) is 29.6 Å².